The van der Waals surface area contributed by atoms with E-state index in [2.05, 4.69) is 10.2 Å². The van der Waals surface area contributed by atoms with Crippen LogP contribution in [-0.2, 0) is 0 Å². The third-order valence-corrected chi connectivity index (χ3v) is 6.46. The van der Waals surface area contributed by atoms with Crippen LogP contribution in [0.2, 0.25) is 0 Å². The molecule has 5 rings (SSSR count). The molecule has 3 aromatic carbocycles. The maximum atomic E-state index is 12.9. The lowest BCUT2D eigenvalue weighted by Crippen LogP contribution is -2.48. The van der Waals surface area contributed by atoms with Crippen molar-refractivity contribution in [3.8, 4) is 11.5 Å². The summed E-state index contributed by atoms with van der Waals surface area (Å²) in [7, 11) is 0. The van der Waals surface area contributed by atoms with Crippen molar-refractivity contribution in [3.63, 3.8) is 0 Å². The molecule has 2 heterocycles. The molecule has 1 aliphatic rings. The number of benzene rings is 3. The minimum atomic E-state index is -0.238. The number of carbonyl (C=O) groups excluding carboxylic acids is 2. The van der Waals surface area contributed by atoms with E-state index < -0.39 is 0 Å². The fourth-order valence-electron chi connectivity index (χ4n) is 4.57. The maximum Gasteiger partial charge on any atom is 0.289 e. The number of fused-ring (bicyclic) bond motifs is 1. The number of rotatable bonds is 8. The monoisotopic (exact) mass is 513 g/mol. The standard InChI is InChI=1S/C30H31N3O5/c1-3-36-25-17-22(18-26(20-25)37-4-2)29(34)31-23-9-11-24(12-10-23)32-13-15-33(16-14-32)30(35)28-19-21-7-5-6-8-27(21)38-28/h5-12,17-20H,3-4,13-16H2,1-2H3,(H,31,34). The van der Waals surface area contributed by atoms with Gasteiger partial charge in [-0.1, -0.05) is 18.2 Å². The number of nitrogens with one attached hydrogen (secondary N) is 1. The Kier molecular flexibility index (Phi) is 7.49. The topological polar surface area (TPSA) is 84.3 Å². The Morgan fingerprint density at radius 3 is 2.13 bits per heavy atom. The highest BCUT2D eigenvalue weighted by molar-refractivity contribution is 6.05. The normalized spacial score (nSPS) is 13.4. The smallest absolute Gasteiger partial charge is 0.289 e. The van der Waals surface area contributed by atoms with E-state index in [0.717, 1.165) is 16.7 Å². The Labute approximate surface area is 221 Å². The van der Waals surface area contributed by atoms with Crippen molar-refractivity contribution < 1.29 is 23.5 Å². The molecule has 0 spiro atoms. The second-order valence-corrected chi connectivity index (χ2v) is 8.99. The Morgan fingerprint density at radius 2 is 1.50 bits per heavy atom. The predicted molar refractivity (Wildman–Crippen MR) is 148 cm³/mol. The molecule has 0 unspecified atom stereocenters. The van der Waals surface area contributed by atoms with Crippen LogP contribution >= 0.6 is 0 Å². The molecule has 0 radical (unpaired) electrons. The minimum Gasteiger partial charge on any atom is -0.494 e. The molecule has 8 heteroatoms. The average Bonchev–Trinajstić information content (AvgIpc) is 3.38. The van der Waals surface area contributed by atoms with Gasteiger partial charge < -0.3 is 29.0 Å². The lowest BCUT2D eigenvalue weighted by Gasteiger charge is -2.35. The van der Waals surface area contributed by atoms with E-state index in [-0.39, 0.29) is 11.8 Å². The molecule has 0 aliphatic carbocycles. The molecular weight excluding hydrogens is 482 g/mol. The highest BCUT2D eigenvalue weighted by Crippen LogP contribution is 2.26. The number of para-hydroxylation sites is 1. The van der Waals surface area contributed by atoms with Gasteiger partial charge in [-0.15, -0.1) is 0 Å². The number of nitrogens with zero attached hydrogens (tertiary/aromatic N) is 2. The third kappa shape index (κ3) is 5.59. The summed E-state index contributed by atoms with van der Waals surface area (Å²) in [6.45, 7) is 7.42. The van der Waals surface area contributed by atoms with Gasteiger partial charge >= 0.3 is 0 Å². The predicted octanol–water partition coefficient (Wildman–Crippen LogP) is 5.44. The van der Waals surface area contributed by atoms with Crippen LogP contribution in [0.1, 0.15) is 34.8 Å². The van der Waals surface area contributed by atoms with Gasteiger partial charge in [0.15, 0.2) is 5.76 Å². The van der Waals surface area contributed by atoms with Gasteiger partial charge in [-0.05, 0) is 62.4 Å². The number of hydrogen-bond donors (Lipinski definition) is 1. The summed E-state index contributed by atoms with van der Waals surface area (Å²) >= 11 is 0. The van der Waals surface area contributed by atoms with Crippen molar-refractivity contribution in [2.45, 2.75) is 13.8 Å². The van der Waals surface area contributed by atoms with Gasteiger partial charge in [0.25, 0.3) is 11.8 Å². The van der Waals surface area contributed by atoms with Crippen LogP contribution in [0, 0.1) is 0 Å². The van der Waals surface area contributed by atoms with Gasteiger partial charge in [-0.2, -0.15) is 0 Å². The summed E-state index contributed by atoms with van der Waals surface area (Å²) in [6, 6.07) is 22.4. The van der Waals surface area contributed by atoms with E-state index in [9.17, 15) is 9.59 Å². The number of carbonyl (C=O) groups is 2. The summed E-state index contributed by atoms with van der Waals surface area (Å²) in [5, 5.41) is 3.88. The Hall–Kier alpha value is -4.46. The average molecular weight is 514 g/mol. The van der Waals surface area contributed by atoms with Crippen molar-refractivity contribution >= 4 is 34.2 Å². The zero-order chi connectivity index (χ0) is 26.5. The molecule has 8 nitrogen and oxygen atoms in total. The molecule has 196 valence electrons. The number of hydrogen-bond acceptors (Lipinski definition) is 6. The van der Waals surface area contributed by atoms with Crippen molar-refractivity contribution in [2.75, 3.05) is 49.6 Å². The largest absolute Gasteiger partial charge is 0.494 e. The summed E-state index contributed by atoms with van der Waals surface area (Å²) in [5.41, 5.74) is 2.92. The molecule has 1 fully saturated rings. The van der Waals surface area contributed by atoms with Crippen LogP contribution in [0.3, 0.4) is 0 Å². The first-order valence-corrected chi connectivity index (χ1v) is 12.9. The lowest BCUT2D eigenvalue weighted by atomic mass is 10.1. The second kappa shape index (κ2) is 11.3. The highest BCUT2D eigenvalue weighted by Gasteiger charge is 2.25. The zero-order valence-corrected chi connectivity index (χ0v) is 21.6. The molecule has 1 aromatic heterocycles. The molecule has 0 saturated carbocycles. The minimum absolute atomic E-state index is 0.0835. The fraction of sp³-hybridized carbons (Fsp3) is 0.267. The van der Waals surface area contributed by atoms with Gasteiger partial charge in [0, 0.05) is 54.6 Å². The number of amides is 2. The van der Waals surface area contributed by atoms with Crippen molar-refractivity contribution in [2.24, 2.45) is 0 Å². The van der Waals surface area contributed by atoms with Gasteiger partial charge in [0.1, 0.15) is 17.1 Å². The molecular formula is C30H31N3O5. The molecule has 38 heavy (non-hydrogen) atoms. The summed E-state index contributed by atoms with van der Waals surface area (Å²) < 4.78 is 16.9. The van der Waals surface area contributed by atoms with Gasteiger partial charge in [0.2, 0.25) is 0 Å². The first-order valence-electron chi connectivity index (χ1n) is 12.9. The van der Waals surface area contributed by atoms with E-state index in [1.54, 1.807) is 18.2 Å². The second-order valence-electron chi connectivity index (χ2n) is 8.99. The van der Waals surface area contributed by atoms with E-state index in [1.165, 1.54) is 0 Å². The molecule has 1 saturated heterocycles. The van der Waals surface area contributed by atoms with Crippen LogP contribution in [0.5, 0.6) is 11.5 Å². The number of ether oxygens (including phenoxy) is 2. The Bertz CT molecular complexity index is 1360. The van der Waals surface area contributed by atoms with E-state index in [1.807, 2.05) is 73.3 Å². The van der Waals surface area contributed by atoms with E-state index in [4.69, 9.17) is 13.9 Å². The van der Waals surface area contributed by atoms with Crippen LogP contribution in [0.4, 0.5) is 11.4 Å². The van der Waals surface area contributed by atoms with Crippen molar-refractivity contribution in [1.29, 1.82) is 0 Å². The first kappa shape index (κ1) is 25.2. The number of piperazine rings is 1. The zero-order valence-electron chi connectivity index (χ0n) is 21.6. The maximum absolute atomic E-state index is 12.9. The van der Waals surface area contributed by atoms with E-state index in [0.29, 0.717) is 67.9 Å². The SMILES string of the molecule is CCOc1cc(OCC)cc(C(=O)Nc2ccc(N3CCN(C(=O)c4cc5ccccc5o4)CC3)cc2)c1. The fourth-order valence-corrected chi connectivity index (χ4v) is 4.57. The number of furan rings is 1. The van der Waals surface area contributed by atoms with Crippen LogP contribution < -0.4 is 19.7 Å². The molecule has 1 aliphatic heterocycles. The quantitative estimate of drug-likeness (QED) is 0.338. The molecule has 0 bridgehead atoms. The summed E-state index contributed by atoms with van der Waals surface area (Å²) in [4.78, 5) is 29.9. The van der Waals surface area contributed by atoms with E-state index >= 15 is 0 Å². The van der Waals surface area contributed by atoms with Gasteiger partial charge in [0.05, 0.1) is 13.2 Å². The molecule has 0 atom stereocenters. The van der Waals surface area contributed by atoms with Gasteiger partial charge in [-0.25, -0.2) is 0 Å². The van der Waals surface area contributed by atoms with Crippen LogP contribution in [0.25, 0.3) is 11.0 Å². The molecule has 4 aromatic rings. The lowest BCUT2D eigenvalue weighted by molar-refractivity contribution is 0.0717. The number of anilines is 2. The van der Waals surface area contributed by atoms with Crippen molar-refractivity contribution in [1.82, 2.24) is 4.90 Å². The first-order chi connectivity index (χ1) is 18.5. The summed E-state index contributed by atoms with van der Waals surface area (Å²) in [5.74, 6) is 1.24. The Balaban J connectivity index is 1.18. The van der Waals surface area contributed by atoms with Crippen LogP contribution in [0.15, 0.2) is 77.2 Å². The van der Waals surface area contributed by atoms with Gasteiger partial charge in [-0.3, -0.25) is 9.59 Å². The Morgan fingerprint density at radius 1 is 0.842 bits per heavy atom. The highest BCUT2D eigenvalue weighted by atomic mass is 16.5. The molecule has 1 N–H and O–H groups in total. The van der Waals surface area contributed by atoms with Crippen molar-refractivity contribution in [3.05, 3.63) is 84.1 Å². The molecule has 2 amide bonds. The summed E-state index contributed by atoms with van der Waals surface area (Å²) in [6.07, 6.45) is 0. The third-order valence-electron chi connectivity index (χ3n) is 6.46. The van der Waals surface area contributed by atoms with Crippen LogP contribution in [-0.4, -0.2) is 56.1 Å².